The highest BCUT2D eigenvalue weighted by atomic mass is 16.2. The first-order valence-corrected chi connectivity index (χ1v) is 11.1. The number of anilines is 3. The largest absolute Gasteiger partial charge is 0.375 e. The fourth-order valence-corrected chi connectivity index (χ4v) is 3.86. The molecule has 2 aromatic heterocycles. The maximum absolute atomic E-state index is 13.3. The number of nitrogens with zero attached hydrogens (tertiary/aromatic N) is 2. The molecule has 3 N–H and O–H groups in total. The van der Waals surface area contributed by atoms with Crippen LogP contribution in [-0.4, -0.2) is 28.0 Å². The van der Waals surface area contributed by atoms with Crippen molar-refractivity contribution in [3.8, 4) is 5.69 Å². The van der Waals surface area contributed by atoms with Crippen molar-refractivity contribution in [3.05, 3.63) is 88.7 Å². The summed E-state index contributed by atoms with van der Waals surface area (Å²) in [4.78, 5) is 30.3. The summed E-state index contributed by atoms with van der Waals surface area (Å²) in [5.41, 5.74) is 3.43. The summed E-state index contributed by atoms with van der Waals surface area (Å²) in [5, 5.41) is 9.94. The van der Waals surface area contributed by atoms with Gasteiger partial charge in [0.15, 0.2) is 11.1 Å². The van der Waals surface area contributed by atoms with Gasteiger partial charge in [-0.2, -0.15) is 0 Å². The van der Waals surface area contributed by atoms with Gasteiger partial charge in [-0.05, 0) is 50.1 Å². The molecule has 2 aromatic carbocycles. The van der Waals surface area contributed by atoms with Crippen molar-refractivity contribution in [3.63, 3.8) is 0 Å². The molecule has 1 aliphatic carbocycles. The number of amides is 1. The number of para-hydroxylation sites is 2. The predicted octanol–water partition coefficient (Wildman–Crippen LogP) is 4.13. The second-order valence-corrected chi connectivity index (χ2v) is 8.26. The molecule has 1 saturated carbocycles. The lowest BCUT2D eigenvalue weighted by molar-refractivity contribution is -0.119. The second-order valence-electron chi connectivity index (χ2n) is 8.26. The van der Waals surface area contributed by atoms with Crippen molar-refractivity contribution < 1.29 is 4.79 Å². The molecule has 0 aliphatic heterocycles. The lowest BCUT2D eigenvalue weighted by atomic mass is 10.1. The SMILES string of the molecule is Cc1cc(NCC(=O)NC2CC2)c2c(=O)cc(Nc3ccccc3)n(-c3ccccc3)c2n1. The third-order valence-corrected chi connectivity index (χ3v) is 5.54. The van der Waals surface area contributed by atoms with Gasteiger partial charge in [0.05, 0.1) is 17.6 Å². The molecule has 7 heteroatoms. The predicted molar refractivity (Wildman–Crippen MR) is 131 cm³/mol. The molecular weight excluding hydrogens is 414 g/mol. The lowest BCUT2D eigenvalue weighted by Gasteiger charge is -2.19. The number of carbonyl (C=O) groups is 1. The summed E-state index contributed by atoms with van der Waals surface area (Å²) in [5.74, 6) is 0.534. The van der Waals surface area contributed by atoms with Crippen LogP contribution >= 0.6 is 0 Å². The highest BCUT2D eigenvalue weighted by molar-refractivity contribution is 5.93. The smallest absolute Gasteiger partial charge is 0.239 e. The first kappa shape index (κ1) is 20.8. The topological polar surface area (TPSA) is 88.0 Å². The molecule has 1 amide bonds. The Bertz CT molecular complexity index is 1360. The molecule has 0 spiro atoms. The number of aromatic nitrogens is 2. The number of carbonyl (C=O) groups excluding carboxylic acids is 1. The van der Waals surface area contributed by atoms with Gasteiger partial charge in [-0.25, -0.2) is 4.98 Å². The van der Waals surface area contributed by atoms with Crippen LogP contribution < -0.4 is 21.4 Å². The quantitative estimate of drug-likeness (QED) is 0.403. The fraction of sp³-hybridized carbons (Fsp3) is 0.192. The van der Waals surface area contributed by atoms with Crippen LogP contribution in [0.15, 0.2) is 77.6 Å². The van der Waals surface area contributed by atoms with Crippen LogP contribution in [0, 0.1) is 6.92 Å². The molecule has 5 rings (SSSR count). The third-order valence-electron chi connectivity index (χ3n) is 5.54. The van der Waals surface area contributed by atoms with Crippen LogP contribution in [0.3, 0.4) is 0 Å². The minimum atomic E-state index is -0.173. The number of aryl methyl sites for hydroxylation is 1. The van der Waals surface area contributed by atoms with Crippen LogP contribution in [0.1, 0.15) is 18.5 Å². The van der Waals surface area contributed by atoms with Gasteiger partial charge in [0.25, 0.3) is 0 Å². The highest BCUT2D eigenvalue weighted by Crippen LogP contribution is 2.28. The van der Waals surface area contributed by atoms with Crippen molar-refractivity contribution in [2.45, 2.75) is 25.8 Å². The molecule has 0 saturated heterocycles. The van der Waals surface area contributed by atoms with Gasteiger partial charge in [-0.1, -0.05) is 36.4 Å². The molecule has 0 atom stereocenters. The Morgan fingerprint density at radius 2 is 1.73 bits per heavy atom. The summed E-state index contributed by atoms with van der Waals surface area (Å²) in [6, 6.07) is 23.2. The Balaban J connectivity index is 1.64. The van der Waals surface area contributed by atoms with Crippen LogP contribution in [0.5, 0.6) is 0 Å². The first-order chi connectivity index (χ1) is 16.1. The fourth-order valence-electron chi connectivity index (χ4n) is 3.86. The van der Waals surface area contributed by atoms with E-state index < -0.39 is 0 Å². The van der Waals surface area contributed by atoms with Gasteiger partial charge in [0.1, 0.15) is 5.82 Å². The van der Waals surface area contributed by atoms with E-state index >= 15 is 0 Å². The van der Waals surface area contributed by atoms with Crippen LogP contribution in [0.4, 0.5) is 17.2 Å². The van der Waals surface area contributed by atoms with E-state index in [2.05, 4.69) is 16.0 Å². The number of hydrogen-bond acceptors (Lipinski definition) is 5. The van der Waals surface area contributed by atoms with Crippen molar-refractivity contribution in [1.29, 1.82) is 0 Å². The van der Waals surface area contributed by atoms with Gasteiger partial charge in [-0.3, -0.25) is 14.2 Å². The summed E-state index contributed by atoms with van der Waals surface area (Å²) < 4.78 is 1.94. The number of fused-ring (bicyclic) bond motifs is 1. The van der Waals surface area contributed by atoms with Crippen LogP contribution in [-0.2, 0) is 4.79 Å². The Morgan fingerprint density at radius 1 is 1.03 bits per heavy atom. The average Bonchev–Trinajstić information content (AvgIpc) is 3.62. The zero-order valence-electron chi connectivity index (χ0n) is 18.3. The molecule has 7 nitrogen and oxygen atoms in total. The van der Waals surface area contributed by atoms with Gasteiger partial charge >= 0.3 is 0 Å². The lowest BCUT2D eigenvalue weighted by Crippen LogP contribution is -2.31. The van der Waals surface area contributed by atoms with E-state index in [1.165, 1.54) is 0 Å². The summed E-state index contributed by atoms with van der Waals surface area (Å²) in [6.45, 7) is 1.98. The number of pyridine rings is 2. The van der Waals surface area contributed by atoms with E-state index in [1.54, 1.807) is 6.07 Å². The maximum Gasteiger partial charge on any atom is 0.239 e. The van der Waals surface area contributed by atoms with E-state index in [1.807, 2.05) is 78.2 Å². The molecular formula is C26H25N5O2. The van der Waals surface area contributed by atoms with Crippen molar-refractivity contribution in [1.82, 2.24) is 14.9 Å². The van der Waals surface area contributed by atoms with Crippen molar-refractivity contribution >= 4 is 34.1 Å². The molecule has 0 bridgehead atoms. The monoisotopic (exact) mass is 439 g/mol. The molecule has 166 valence electrons. The molecule has 0 radical (unpaired) electrons. The van der Waals surface area contributed by atoms with Gasteiger partial charge in [-0.15, -0.1) is 0 Å². The zero-order chi connectivity index (χ0) is 22.8. The third kappa shape index (κ3) is 4.57. The van der Waals surface area contributed by atoms with E-state index in [4.69, 9.17) is 4.98 Å². The Morgan fingerprint density at radius 3 is 2.42 bits per heavy atom. The average molecular weight is 440 g/mol. The standard InChI is InChI=1S/C26H25N5O2/c1-17-14-21(27-16-24(33)30-19-12-13-19)25-22(32)15-23(29-18-8-4-2-5-9-18)31(26(25)28-17)20-10-6-3-7-11-20/h2-11,14-15,19,29H,12-13,16H2,1H3,(H,27,28)(H,30,33). The van der Waals surface area contributed by atoms with Gasteiger partial charge in [0, 0.05) is 29.2 Å². The molecule has 1 aliphatic rings. The van der Waals surface area contributed by atoms with Crippen LogP contribution in [0.25, 0.3) is 16.7 Å². The van der Waals surface area contributed by atoms with Crippen molar-refractivity contribution in [2.24, 2.45) is 0 Å². The molecule has 33 heavy (non-hydrogen) atoms. The minimum Gasteiger partial charge on any atom is -0.375 e. The van der Waals surface area contributed by atoms with Gasteiger partial charge < -0.3 is 16.0 Å². The first-order valence-electron chi connectivity index (χ1n) is 11.1. The zero-order valence-corrected chi connectivity index (χ0v) is 18.3. The summed E-state index contributed by atoms with van der Waals surface area (Å²) in [7, 11) is 0. The molecule has 1 fully saturated rings. The Kier molecular flexibility index (Phi) is 5.52. The normalized spacial score (nSPS) is 13.0. The number of benzene rings is 2. The molecule has 2 heterocycles. The number of nitrogens with one attached hydrogen (secondary N) is 3. The molecule has 0 unspecified atom stereocenters. The maximum atomic E-state index is 13.3. The van der Waals surface area contributed by atoms with E-state index in [0.717, 1.165) is 29.9 Å². The summed E-state index contributed by atoms with van der Waals surface area (Å²) in [6.07, 6.45) is 2.06. The van der Waals surface area contributed by atoms with Crippen molar-refractivity contribution in [2.75, 3.05) is 17.2 Å². The highest BCUT2D eigenvalue weighted by Gasteiger charge is 2.23. The van der Waals surface area contributed by atoms with E-state index in [9.17, 15) is 9.59 Å². The van der Waals surface area contributed by atoms with Gasteiger partial charge in [0.2, 0.25) is 5.91 Å². The Hall–Kier alpha value is -4.13. The number of rotatable bonds is 7. The molecule has 4 aromatic rings. The van der Waals surface area contributed by atoms with Crippen LogP contribution in [0.2, 0.25) is 0 Å². The van der Waals surface area contributed by atoms with E-state index in [-0.39, 0.29) is 23.9 Å². The minimum absolute atomic E-state index is 0.0779. The van der Waals surface area contributed by atoms with E-state index in [0.29, 0.717) is 22.5 Å². The number of hydrogen-bond donors (Lipinski definition) is 3. The second kappa shape index (κ2) is 8.78. The Labute approximate surface area is 191 Å². The summed E-state index contributed by atoms with van der Waals surface area (Å²) >= 11 is 0.